The van der Waals surface area contributed by atoms with Crippen LogP contribution in [0, 0.1) is 0 Å². The Morgan fingerprint density at radius 3 is 2.36 bits per heavy atom. The molecule has 0 amide bonds. The zero-order valence-electron chi connectivity index (χ0n) is 13.5. The van der Waals surface area contributed by atoms with Crippen LogP contribution in [0.4, 0.5) is 0 Å². The van der Waals surface area contributed by atoms with Gasteiger partial charge in [0, 0.05) is 6.42 Å². The maximum Gasteiger partial charge on any atom is 0.118 e. The van der Waals surface area contributed by atoms with Crippen LogP contribution in [-0.4, -0.2) is 11.2 Å². The van der Waals surface area contributed by atoms with Gasteiger partial charge in [-0.25, -0.2) is 0 Å². The van der Waals surface area contributed by atoms with Crippen molar-refractivity contribution in [2.75, 3.05) is 0 Å². The third kappa shape index (κ3) is 4.88. The highest BCUT2D eigenvalue weighted by Crippen LogP contribution is 2.27. The average Bonchev–Trinajstić information content (AvgIpc) is 2.54. The number of phenols is 1. The Bertz CT molecular complexity index is 551. The summed E-state index contributed by atoms with van der Waals surface area (Å²) in [6, 6.07) is 17.9. The van der Waals surface area contributed by atoms with E-state index in [-0.39, 0.29) is 12.2 Å². The molecule has 0 heterocycles. The van der Waals surface area contributed by atoms with Gasteiger partial charge < -0.3 is 9.84 Å². The van der Waals surface area contributed by atoms with Crippen molar-refractivity contribution in [2.45, 2.75) is 51.7 Å². The van der Waals surface area contributed by atoms with Gasteiger partial charge in [-0.15, -0.1) is 0 Å². The average molecular weight is 298 g/mol. The number of aromatic hydroxyl groups is 1. The molecule has 2 aromatic carbocycles. The number of para-hydroxylation sites is 1. The molecule has 0 fully saturated rings. The highest BCUT2D eigenvalue weighted by Gasteiger charge is 2.16. The van der Waals surface area contributed by atoms with Gasteiger partial charge in [-0.3, -0.25) is 0 Å². The maximum atomic E-state index is 9.90. The van der Waals surface area contributed by atoms with E-state index in [1.807, 2.05) is 24.3 Å². The Hall–Kier alpha value is -1.80. The van der Waals surface area contributed by atoms with Crippen molar-refractivity contribution in [1.82, 2.24) is 0 Å². The lowest BCUT2D eigenvalue weighted by atomic mass is 10.0. The molecule has 1 N–H and O–H groups in total. The molecule has 2 heteroatoms. The monoisotopic (exact) mass is 298 g/mol. The quantitative estimate of drug-likeness (QED) is 0.719. The third-order valence-corrected chi connectivity index (χ3v) is 3.89. The molecule has 2 nitrogen and oxygen atoms in total. The predicted octanol–water partition coefficient (Wildman–Crippen LogP) is 5.27. The topological polar surface area (TPSA) is 29.5 Å². The number of phenolic OH excluding ortho intramolecular Hbond substituents is 1. The molecule has 0 aromatic heterocycles. The van der Waals surface area contributed by atoms with Gasteiger partial charge in [0.15, 0.2) is 0 Å². The number of benzene rings is 2. The van der Waals surface area contributed by atoms with Gasteiger partial charge in [0.05, 0.1) is 12.2 Å². The molecule has 2 rings (SSSR count). The van der Waals surface area contributed by atoms with Crippen LogP contribution in [0.15, 0.2) is 54.6 Å². The van der Waals surface area contributed by atoms with E-state index in [2.05, 4.69) is 38.1 Å². The second-order valence-corrected chi connectivity index (χ2v) is 5.82. The lowest BCUT2D eigenvalue weighted by Crippen LogP contribution is -2.16. The number of ether oxygens (including phenoxy) is 1. The first-order valence-corrected chi connectivity index (χ1v) is 8.18. The Morgan fingerprint density at radius 1 is 1.00 bits per heavy atom. The van der Waals surface area contributed by atoms with Gasteiger partial charge in [-0.1, -0.05) is 68.3 Å². The fourth-order valence-electron chi connectivity index (χ4n) is 2.69. The fourth-order valence-corrected chi connectivity index (χ4v) is 2.69. The number of rotatable bonds is 8. The van der Waals surface area contributed by atoms with Gasteiger partial charge in [0.25, 0.3) is 0 Å². The summed E-state index contributed by atoms with van der Waals surface area (Å²) in [5.41, 5.74) is 2.18. The van der Waals surface area contributed by atoms with E-state index in [9.17, 15) is 5.11 Å². The van der Waals surface area contributed by atoms with Crippen molar-refractivity contribution < 1.29 is 9.84 Å². The maximum absolute atomic E-state index is 9.90. The van der Waals surface area contributed by atoms with Crippen molar-refractivity contribution in [3.05, 3.63) is 65.7 Å². The molecule has 0 aliphatic rings. The SMILES string of the molecule is CCCCC(OC(C)Cc1ccccc1O)c1ccccc1. The molecule has 2 unspecified atom stereocenters. The summed E-state index contributed by atoms with van der Waals surface area (Å²) in [5.74, 6) is 0.350. The third-order valence-electron chi connectivity index (χ3n) is 3.89. The van der Waals surface area contributed by atoms with Crippen LogP contribution < -0.4 is 0 Å². The second kappa shape index (κ2) is 8.60. The van der Waals surface area contributed by atoms with Crippen LogP contribution in [0.2, 0.25) is 0 Å². The minimum absolute atomic E-state index is 0.0652. The molecule has 118 valence electrons. The minimum Gasteiger partial charge on any atom is -0.508 e. The lowest BCUT2D eigenvalue weighted by Gasteiger charge is -2.23. The summed E-state index contributed by atoms with van der Waals surface area (Å²) in [7, 11) is 0. The molecule has 2 atom stereocenters. The van der Waals surface area contributed by atoms with Gasteiger partial charge in [-0.2, -0.15) is 0 Å². The van der Waals surface area contributed by atoms with E-state index in [1.165, 1.54) is 12.0 Å². The standard InChI is InChI=1S/C20H26O2/c1-3-4-14-20(17-10-6-5-7-11-17)22-16(2)15-18-12-8-9-13-19(18)21/h5-13,16,20-21H,3-4,14-15H2,1-2H3. The molecule has 2 aromatic rings. The number of hydrogen-bond acceptors (Lipinski definition) is 2. The van der Waals surface area contributed by atoms with Crippen LogP contribution in [0.25, 0.3) is 0 Å². The first-order valence-electron chi connectivity index (χ1n) is 8.18. The lowest BCUT2D eigenvalue weighted by molar-refractivity contribution is -0.00897. The summed E-state index contributed by atoms with van der Waals surface area (Å²) < 4.78 is 6.29. The smallest absolute Gasteiger partial charge is 0.118 e. The molecular formula is C20H26O2. The second-order valence-electron chi connectivity index (χ2n) is 5.82. The molecule has 0 aliphatic heterocycles. The zero-order chi connectivity index (χ0) is 15.8. The molecule has 0 saturated carbocycles. The van der Waals surface area contributed by atoms with Crippen LogP contribution >= 0.6 is 0 Å². The summed E-state index contributed by atoms with van der Waals surface area (Å²) in [5, 5.41) is 9.90. The van der Waals surface area contributed by atoms with Crippen LogP contribution in [0.1, 0.15) is 50.3 Å². The van der Waals surface area contributed by atoms with E-state index in [4.69, 9.17) is 4.74 Å². The highest BCUT2D eigenvalue weighted by atomic mass is 16.5. The van der Waals surface area contributed by atoms with Crippen molar-refractivity contribution in [2.24, 2.45) is 0 Å². The van der Waals surface area contributed by atoms with Crippen molar-refractivity contribution >= 4 is 0 Å². The van der Waals surface area contributed by atoms with Gasteiger partial charge >= 0.3 is 0 Å². The van der Waals surface area contributed by atoms with Gasteiger partial charge in [0.1, 0.15) is 5.75 Å². The summed E-state index contributed by atoms with van der Waals surface area (Å²) in [6.07, 6.45) is 4.27. The summed E-state index contributed by atoms with van der Waals surface area (Å²) in [6.45, 7) is 4.28. The zero-order valence-corrected chi connectivity index (χ0v) is 13.5. The van der Waals surface area contributed by atoms with E-state index in [0.717, 1.165) is 24.8 Å². The number of hydrogen-bond donors (Lipinski definition) is 1. The molecule has 0 saturated heterocycles. The van der Waals surface area contributed by atoms with E-state index in [1.54, 1.807) is 6.07 Å². The predicted molar refractivity (Wildman–Crippen MR) is 91.1 cm³/mol. The van der Waals surface area contributed by atoms with Crippen molar-refractivity contribution in [1.29, 1.82) is 0 Å². The minimum atomic E-state index is 0.0652. The first-order chi connectivity index (χ1) is 10.7. The molecule has 0 aliphatic carbocycles. The Labute approximate surface area is 133 Å². The molecule has 0 spiro atoms. The fraction of sp³-hybridized carbons (Fsp3) is 0.400. The van der Waals surface area contributed by atoms with E-state index in [0.29, 0.717) is 5.75 Å². The Kier molecular flexibility index (Phi) is 6.47. The van der Waals surface area contributed by atoms with Gasteiger partial charge in [-0.05, 0) is 30.5 Å². The molecule has 22 heavy (non-hydrogen) atoms. The largest absolute Gasteiger partial charge is 0.508 e. The highest BCUT2D eigenvalue weighted by molar-refractivity contribution is 5.32. The van der Waals surface area contributed by atoms with E-state index >= 15 is 0 Å². The Balaban J connectivity index is 2.02. The molecule has 0 bridgehead atoms. The summed E-state index contributed by atoms with van der Waals surface area (Å²) in [4.78, 5) is 0. The van der Waals surface area contributed by atoms with Gasteiger partial charge in [0.2, 0.25) is 0 Å². The first kappa shape index (κ1) is 16.6. The van der Waals surface area contributed by atoms with Crippen LogP contribution in [0.5, 0.6) is 5.75 Å². The van der Waals surface area contributed by atoms with Crippen LogP contribution in [-0.2, 0) is 11.2 Å². The molecular weight excluding hydrogens is 272 g/mol. The van der Waals surface area contributed by atoms with Crippen molar-refractivity contribution in [3.8, 4) is 5.75 Å². The summed E-state index contributed by atoms with van der Waals surface area (Å²) >= 11 is 0. The van der Waals surface area contributed by atoms with Crippen LogP contribution in [0.3, 0.4) is 0 Å². The van der Waals surface area contributed by atoms with E-state index < -0.39 is 0 Å². The molecule has 0 radical (unpaired) electrons. The Morgan fingerprint density at radius 2 is 1.68 bits per heavy atom. The normalized spacial score (nSPS) is 13.7. The van der Waals surface area contributed by atoms with Crippen molar-refractivity contribution in [3.63, 3.8) is 0 Å². The number of unbranched alkanes of at least 4 members (excludes halogenated alkanes) is 1.